The normalized spacial score (nSPS) is 15.9. The van der Waals surface area contributed by atoms with Crippen LogP contribution in [0.1, 0.15) is 18.1 Å². The van der Waals surface area contributed by atoms with Gasteiger partial charge in [-0.1, -0.05) is 13.0 Å². The molecule has 5 nitrogen and oxygen atoms in total. The highest BCUT2D eigenvalue weighted by Crippen LogP contribution is 2.34. The summed E-state index contributed by atoms with van der Waals surface area (Å²) >= 11 is 0. The number of aliphatic hydroxyl groups excluding tert-OH is 1. The van der Waals surface area contributed by atoms with Crippen molar-refractivity contribution in [2.45, 2.75) is 26.1 Å². The van der Waals surface area contributed by atoms with Gasteiger partial charge in [-0.3, -0.25) is 4.79 Å². The van der Waals surface area contributed by atoms with Crippen LogP contribution in [0, 0.1) is 12.7 Å². The van der Waals surface area contributed by atoms with Crippen molar-refractivity contribution in [1.82, 2.24) is 0 Å². The largest absolute Gasteiger partial charge is 0.535 e. The van der Waals surface area contributed by atoms with Crippen LogP contribution in [0.25, 0.3) is 0 Å². The molecule has 0 saturated heterocycles. The minimum Gasteiger partial charge on any atom is -0.535 e. The Morgan fingerprint density at radius 1 is 1.47 bits per heavy atom. The average Bonchev–Trinajstić information content (AvgIpc) is 2.40. The van der Waals surface area contributed by atoms with Crippen molar-refractivity contribution in [2.24, 2.45) is 0 Å². The molecular formula is C12H18BFO5. The Morgan fingerprint density at radius 3 is 2.53 bits per heavy atom. The van der Waals surface area contributed by atoms with Crippen molar-refractivity contribution < 1.29 is 29.1 Å². The third-order valence-corrected chi connectivity index (χ3v) is 2.69. The van der Waals surface area contributed by atoms with Gasteiger partial charge in [0, 0.05) is 18.5 Å². The van der Waals surface area contributed by atoms with E-state index in [4.69, 9.17) is 19.7 Å². The molecule has 0 spiro atoms. The maximum Gasteiger partial charge on any atom is 0.525 e. The molecular weight excluding hydrogens is 254 g/mol. The molecule has 2 rings (SSSR count). The third kappa shape index (κ3) is 4.53. The number of aliphatic hydroxyl groups is 1. The van der Waals surface area contributed by atoms with Crippen molar-refractivity contribution in [3.8, 4) is 5.75 Å². The highest BCUT2D eigenvalue weighted by Gasteiger charge is 2.32. The molecule has 7 heteroatoms. The summed E-state index contributed by atoms with van der Waals surface area (Å²) in [6.07, 6.45) is 0.734. The highest BCUT2D eigenvalue weighted by molar-refractivity contribution is 6.46. The molecule has 106 valence electrons. The molecule has 1 aliphatic heterocycles. The van der Waals surface area contributed by atoms with Crippen molar-refractivity contribution in [3.63, 3.8) is 0 Å². The zero-order valence-corrected chi connectivity index (χ0v) is 11.1. The fraction of sp³-hybridized carbons (Fsp3) is 0.417. The first kappa shape index (κ1) is 17.4. The first-order valence-corrected chi connectivity index (χ1v) is 5.66. The molecule has 1 aromatic rings. The minimum absolute atomic E-state index is 0.0624. The molecule has 0 aliphatic carbocycles. The molecule has 1 aromatic carbocycles. The van der Waals surface area contributed by atoms with E-state index in [-0.39, 0.29) is 18.1 Å². The summed E-state index contributed by atoms with van der Waals surface area (Å²) in [5.41, 5.74) is 1.45. The number of rotatable bonds is 0. The Hall–Kier alpha value is -1.60. The summed E-state index contributed by atoms with van der Waals surface area (Å²) < 4.78 is 18.4. The third-order valence-electron chi connectivity index (χ3n) is 2.69. The lowest BCUT2D eigenvalue weighted by Gasteiger charge is -2.26. The van der Waals surface area contributed by atoms with Gasteiger partial charge in [0.15, 0.2) is 0 Å². The van der Waals surface area contributed by atoms with Crippen molar-refractivity contribution in [2.75, 3.05) is 7.11 Å². The zero-order valence-electron chi connectivity index (χ0n) is 11.1. The monoisotopic (exact) mass is 272 g/mol. The maximum atomic E-state index is 13.2. The van der Waals surface area contributed by atoms with Crippen LogP contribution in [0.2, 0.25) is 5.82 Å². The standard InChI is InChI=1S/C10H12BFO2.CH2O2.CH4O/c1-6-5-8-3-4-9(12)7(2)10(8)14-11(6)13;2-1-3;1-2/h3-4,6,13H,5H2,1-2H3;1H,(H,2,3);2H,1H3. The number of carbonyl (C=O) groups is 1. The molecule has 0 fully saturated rings. The molecule has 1 aliphatic rings. The Balaban J connectivity index is 0.000000573. The lowest BCUT2D eigenvalue weighted by molar-refractivity contribution is -0.122. The highest BCUT2D eigenvalue weighted by atomic mass is 19.1. The number of carboxylic acid groups (broad SMARTS) is 1. The van der Waals surface area contributed by atoms with E-state index in [0.717, 1.165) is 19.1 Å². The van der Waals surface area contributed by atoms with Crippen LogP contribution in [0.3, 0.4) is 0 Å². The number of halogens is 1. The molecule has 19 heavy (non-hydrogen) atoms. The van der Waals surface area contributed by atoms with Crippen LogP contribution in [-0.2, 0) is 11.2 Å². The molecule has 3 N–H and O–H groups in total. The fourth-order valence-electron chi connectivity index (χ4n) is 1.73. The van der Waals surface area contributed by atoms with E-state index in [1.165, 1.54) is 6.07 Å². The van der Waals surface area contributed by atoms with Crippen LogP contribution < -0.4 is 4.65 Å². The van der Waals surface area contributed by atoms with Gasteiger partial charge in [0.1, 0.15) is 11.6 Å². The summed E-state index contributed by atoms with van der Waals surface area (Å²) in [5.74, 6) is 0.286. The van der Waals surface area contributed by atoms with Crippen molar-refractivity contribution in [1.29, 1.82) is 0 Å². The quantitative estimate of drug-likeness (QED) is 0.488. The first-order valence-electron chi connectivity index (χ1n) is 5.66. The summed E-state index contributed by atoms with van der Waals surface area (Å²) in [4.78, 5) is 8.36. The van der Waals surface area contributed by atoms with Crippen LogP contribution in [-0.4, -0.2) is 35.9 Å². The van der Waals surface area contributed by atoms with Gasteiger partial charge in [-0.15, -0.1) is 0 Å². The zero-order chi connectivity index (χ0) is 15.0. The SMILES string of the molecule is CO.Cc1c(F)ccc2c1OB(O)C(C)C2.O=CO. The Kier molecular flexibility index (Phi) is 7.78. The van der Waals surface area contributed by atoms with Gasteiger partial charge in [-0.05, 0) is 25.0 Å². The number of hydrogen-bond donors (Lipinski definition) is 3. The molecule has 0 radical (unpaired) electrons. The second-order valence-electron chi connectivity index (χ2n) is 3.96. The number of benzene rings is 1. The Labute approximate surface area is 111 Å². The molecule has 1 unspecified atom stereocenters. The Bertz CT molecular complexity index is 413. The average molecular weight is 272 g/mol. The predicted octanol–water partition coefficient (Wildman–Crippen LogP) is 1.25. The second kappa shape index (κ2) is 8.50. The van der Waals surface area contributed by atoms with Gasteiger partial charge in [-0.25, -0.2) is 4.39 Å². The maximum absolute atomic E-state index is 13.2. The van der Waals surface area contributed by atoms with E-state index in [1.807, 2.05) is 6.92 Å². The fourth-order valence-corrected chi connectivity index (χ4v) is 1.73. The summed E-state index contributed by atoms with van der Waals surface area (Å²) in [5, 5.41) is 23.4. The number of hydrogen-bond acceptors (Lipinski definition) is 4. The van der Waals surface area contributed by atoms with Crippen molar-refractivity contribution >= 4 is 13.6 Å². The van der Waals surface area contributed by atoms with Crippen LogP contribution in [0.15, 0.2) is 12.1 Å². The van der Waals surface area contributed by atoms with Gasteiger partial charge in [0.2, 0.25) is 0 Å². The van der Waals surface area contributed by atoms with E-state index in [1.54, 1.807) is 13.0 Å². The summed E-state index contributed by atoms with van der Waals surface area (Å²) in [6.45, 7) is 3.32. The van der Waals surface area contributed by atoms with Gasteiger partial charge in [0.25, 0.3) is 6.47 Å². The van der Waals surface area contributed by atoms with E-state index >= 15 is 0 Å². The summed E-state index contributed by atoms with van der Waals surface area (Å²) in [7, 11) is 0.183. The number of fused-ring (bicyclic) bond motifs is 1. The summed E-state index contributed by atoms with van der Waals surface area (Å²) in [6, 6.07) is 3.17. The Morgan fingerprint density at radius 2 is 2.00 bits per heavy atom. The van der Waals surface area contributed by atoms with Crippen LogP contribution in [0.5, 0.6) is 5.75 Å². The van der Waals surface area contributed by atoms with E-state index in [0.29, 0.717) is 11.3 Å². The van der Waals surface area contributed by atoms with Crippen molar-refractivity contribution in [3.05, 3.63) is 29.1 Å². The van der Waals surface area contributed by atoms with E-state index in [2.05, 4.69) is 0 Å². The molecule has 1 atom stereocenters. The minimum atomic E-state index is -0.817. The first-order chi connectivity index (χ1) is 9.01. The molecule has 1 heterocycles. The molecule has 0 amide bonds. The predicted molar refractivity (Wildman–Crippen MR) is 69.7 cm³/mol. The van der Waals surface area contributed by atoms with Gasteiger partial charge in [0.05, 0.1) is 0 Å². The lowest BCUT2D eigenvalue weighted by atomic mass is 9.68. The second-order valence-corrected chi connectivity index (χ2v) is 3.96. The van der Waals surface area contributed by atoms with Crippen LogP contribution >= 0.6 is 0 Å². The molecule has 0 bridgehead atoms. The van der Waals surface area contributed by atoms with E-state index in [9.17, 15) is 9.41 Å². The van der Waals surface area contributed by atoms with Gasteiger partial charge >= 0.3 is 7.12 Å². The smallest absolute Gasteiger partial charge is 0.525 e. The van der Waals surface area contributed by atoms with Gasteiger partial charge in [-0.2, -0.15) is 0 Å². The van der Waals surface area contributed by atoms with E-state index < -0.39 is 7.12 Å². The lowest BCUT2D eigenvalue weighted by Crippen LogP contribution is -2.32. The van der Waals surface area contributed by atoms with Crippen LogP contribution in [0.4, 0.5) is 4.39 Å². The topological polar surface area (TPSA) is 87.0 Å². The molecule has 0 saturated carbocycles. The molecule has 0 aromatic heterocycles. The van der Waals surface area contributed by atoms with Gasteiger partial charge < -0.3 is 19.9 Å².